The van der Waals surface area contributed by atoms with Crippen molar-refractivity contribution in [1.82, 2.24) is 4.90 Å². The van der Waals surface area contributed by atoms with E-state index in [1.54, 1.807) is 0 Å². The number of anilines is 1. The summed E-state index contributed by atoms with van der Waals surface area (Å²) in [5.74, 6) is 2.30. The summed E-state index contributed by atoms with van der Waals surface area (Å²) in [5, 5.41) is 4.13. The van der Waals surface area contributed by atoms with Crippen molar-refractivity contribution in [2.75, 3.05) is 30.8 Å². The fourth-order valence-electron chi connectivity index (χ4n) is 2.80. The van der Waals surface area contributed by atoms with Gasteiger partial charge in [-0.1, -0.05) is 19.1 Å². The first-order valence-corrected chi connectivity index (χ1v) is 8.15. The molecular weight excluding hydrogens is 256 g/mol. The lowest BCUT2D eigenvalue weighted by atomic mass is 10.1. The highest BCUT2D eigenvalue weighted by atomic mass is 32.2. The predicted octanol–water partition coefficient (Wildman–Crippen LogP) is 2.82. The minimum Gasteiger partial charge on any atom is -0.489 e. The van der Waals surface area contributed by atoms with Gasteiger partial charge in [0.15, 0.2) is 0 Å². The fourth-order valence-corrected chi connectivity index (χ4v) is 3.96. The second kappa shape index (κ2) is 5.63. The first-order valence-electron chi connectivity index (χ1n) is 7.10. The van der Waals surface area contributed by atoms with Crippen molar-refractivity contribution in [2.45, 2.75) is 31.7 Å². The Hall–Kier alpha value is -0.870. The molecule has 0 aromatic heterocycles. The quantitative estimate of drug-likeness (QED) is 0.899. The summed E-state index contributed by atoms with van der Waals surface area (Å²) in [6, 6.07) is 7.06. The van der Waals surface area contributed by atoms with Crippen molar-refractivity contribution < 1.29 is 4.74 Å². The number of nitrogens with zero attached hydrogens (tertiary/aromatic N) is 1. The summed E-state index contributed by atoms with van der Waals surface area (Å²) < 4.78 is 5.86. The molecule has 19 heavy (non-hydrogen) atoms. The topological polar surface area (TPSA) is 24.5 Å². The molecule has 2 atom stereocenters. The van der Waals surface area contributed by atoms with E-state index in [0.29, 0.717) is 11.3 Å². The number of nitrogens with one attached hydrogen (secondary N) is 1. The van der Waals surface area contributed by atoms with E-state index in [4.69, 9.17) is 4.74 Å². The maximum atomic E-state index is 5.86. The molecule has 104 valence electrons. The van der Waals surface area contributed by atoms with Crippen molar-refractivity contribution in [1.29, 1.82) is 0 Å². The Labute approximate surface area is 119 Å². The van der Waals surface area contributed by atoms with Gasteiger partial charge in [0.2, 0.25) is 0 Å². The highest BCUT2D eigenvalue weighted by Gasteiger charge is 2.26. The number of rotatable bonds is 2. The largest absolute Gasteiger partial charge is 0.489 e. The highest BCUT2D eigenvalue weighted by Crippen LogP contribution is 2.33. The first kappa shape index (κ1) is 13.1. The van der Waals surface area contributed by atoms with Gasteiger partial charge in [-0.15, -0.1) is 0 Å². The summed E-state index contributed by atoms with van der Waals surface area (Å²) in [5.41, 5.74) is 2.46. The first-order chi connectivity index (χ1) is 9.25. The van der Waals surface area contributed by atoms with E-state index in [9.17, 15) is 0 Å². The summed E-state index contributed by atoms with van der Waals surface area (Å²) in [7, 11) is 0. The van der Waals surface area contributed by atoms with Crippen molar-refractivity contribution in [2.24, 2.45) is 0 Å². The van der Waals surface area contributed by atoms with Crippen LogP contribution in [0.3, 0.4) is 0 Å². The number of fused-ring (bicyclic) bond motifs is 1. The second-order valence-corrected chi connectivity index (χ2v) is 6.84. The molecule has 1 aromatic rings. The van der Waals surface area contributed by atoms with Crippen LogP contribution in [-0.4, -0.2) is 41.6 Å². The molecule has 1 N–H and O–H groups in total. The molecule has 2 aliphatic heterocycles. The van der Waals surface area contributed by atoms with Gasteiger partial charge in [-0.3, -0.25) is 4.90 Å². The van der Waals surface area contributed by atoms with Crippen LogP contribution >= 0.6 is 11.8 Å². The maximum Gasteiger partial charge on any atom is 0.146 e. The van der Waals surface area contributed by atoms with Crippen LogP contribution in [0.15, 0.2) is 18.2 Å². The molecule has 2 aliphatic rings. The number of hydrogen-bond acceptors (Lipinski definition) is 4. The molecule has 0 saturated carbocycles. The van der Waals surface area contributed by atoms with E-state index in [1.807, 2.05) is 0 Å². The summed E-state index contributed by atoms with van der Waals surface area (Å²) >= 11 is 2.08. The van der Waals surface area contributed by atoms with Crippen LogP contribution in [0.25, 0.3) is 0 Å². The van der Waals surface area contributed by atoms with Crippen molar-refractivity contribution in [3.63, 3.8) is 0 Å². The SMILES string of the molecule is CC1SCCN(Cc2cccc3c2OCCN3)C1C. The second-order valence-electron chi connectivity index (χ2n) is 5.36. The van der Waals surface area contributed by atoms with Crippen molar-refractivity contribution in [3.8, 4) is 5.75 Å². The third-order valence-corrected chi connectivity index (χ3v) is 5.49. The molecular formula is C15H22N2OS. The molecule has 3 rings (SSSR count). The Morgan fingerprint density at radius 2 is 2.32 bits per heavy atom. The Morgan fingerprint density at radius 1 is 1.42 bits per heavy atom. The molecule has 0 amide bonds. The number of benzene rings is 1. The summed E-state index contributed by atoms with van der Waals surface area (Å²) in [4.78, 5) is 2.58. The highest BCUT2D eigenvalue weighted by molar-refractivity contribution is 8.00. The normalized spacial score (nSPS) is 27.3. The third kappa shape index (κ3) is 2.70. The predicted molar refractivity (Wildman–Crippen MR) is 82.2 cm³/mol. The average Bonchev–Trinajstić information content (AvgIpc) is 2.44. The lowest BCUT2D eigenvalue weighted by Crippen LogP contribution is -2.44. The Kier molecular flexibility index (Phi) is 3.89. The number of ether oxygens (including phenoxy) is 1. The Bertz CT molecular complexity index is 452. The van der Waals surface area contributed by atoms with E-state index < -0.39 is 0 Å². The van der Waals surface area contributed by atoms with E-state index in [1.165, 1.54) is 17.9 Å². The van der Waals surface area contributed by atoms with E-state index in [0.717, 1.165) is 31.1 Å². The van der Waals surface area contributed by atoms with E-state index in [2.05, 4.69) is 54.0 Å². The molecule has 0 aliphatic carbocycles. The van der Waals surface area contributed by atoms with Crippen LogP contribution in [0.2, 0.25) is 0 Å². The molecule has 1 fully saturated rings. The van der Waals surface area contributed by atoms with Gasteiger partial charge in [-0.25, -0.2) is 0 Å². The van der Waals surface area contributed by atoms with Gasteiger partial charge in [-0.2, -0.15) is 11.8 Å². The van der Waals surface area contributed by atoms with Crippen molar-refractivity contribution in [3.05, 3.63) is 23.8 Å². The zero-order valence-electron chi connectivity index (χ0n) is 11.7. The van der Waals surface area contributed by atoms with E-state index in [-0.39, 0.29) is 0 Å². The van der Waals surface area contributed by atoms with Gasteiger partial charge in [0, 0.05) is 42.2 Å². The van der Waals surface area contributed by atoms with Gasteiger partial charge < -0.3 is 10.1 Å². The lowest BCUT2D eigenvalue weighted by Gasteiger charge is -2.38. The zero-order valence-corrected chi connectivity index (χ0v) is 12.5. The van der Waals surface area contributed by atoms with Gasteiger partial charge >= 0.3 is 0 Å². The number of para-hydroxylation sites is 1. The van der Waals surface area contributed by atoms with E-state index >= 15 is 0 Å². The number of hydrogen-bond donors (Lipinski definition) is 1. The maximum absolute atomic E-state index is 5.86. The van der Waals surface area contributed by atoms with Gasteiger partial charge in [0.05, 0.1) is 5.69 Å². The van der Waals surface area contributed by atoms with Crippen LogP contribution in [0.4, 0.5) is 5.69 Å². The van der Waals surface area contributed by atoms with Crippen molar-refractivity contribution >= 4 is 17.4 Å². The van der Waals surface area contributed by atoms with Gasteiger partial charge in [-0.05, 0) is 13.0 Å². The fraction of sp³-hybridized carbons (Fsp3) is 0.600. The van der Waals surface area contributed by atoms with Crippen LogP contribution in [-0.2, 0) is 6.54 Å². The molecule has 4 heteroatoms. The van der Waals surface area contributed by atoms with Gasteiger partial charge in [0.25, 0.3) is 0 Å². The summed E-state index contributed by atoms with van der Waals surface area (Å²) in [6.45, 7) is 8.52. The summed E-state index contributed by atoms with van der Waals surface area (Å²) in [6.07, 6.45) is 0. The molecule has 0 radical (unpaired) electrons. The smallest absolute Gasteiger partial charge is 0.146 e. The molecule has 3 nitrogen and oxygen atoms in total. The lowest BCUT2D eigenvalue weighted by molar-refractivity contribution is 0.200. The zero-order chi connectivity index (χ0) is 13.2. The minimum absolute atomic E-state index is 0.631. The Balaban J connectivity index is 1.79. The molecule has 0 spiro atoms. The molecule has 1 aromatic carbocycles. The van der Waals surface area contributed by atoms with Crippen LogP contribution in [0.1, 0.15) is 19.4 Å². The standard InChI is InChI=1S/C15H22N2OS/c1-11-12(2)19-9-7-17(11)10-13-4-3-5-14-15(13)18-8-6-16-14/h3-5,11-12,16H,6-10H2,1-2H3. The average molecular weight is 278 g/mol. The van der Waals surface area contributed by atoms with Gasteiger partial charge in [0.1, 0.15) is 12.4 Å². The monoisotopic (exact) mass is 278 g/mol. The Morgan fingerprint density at radius 3 is 3.21 bits per heavy atom. The minimum atomic E-state index is 0.631. The van der Waals surface area contributed by atoms with Crippen LogP contribution in [0.5, 0.6) is 5.75 Å². The third-order valence-electron chi connectivity index (χ3n) is 4.15. The molecule has 1 saturated heterocycles. The molecule has 0 bridgehead atoms. The number of thioether (sulfide) groups is 1. The molecule has 2 unspecified atom stereocenters. The molecule has 2 heterocycles. The van der Waals surface area contributed by atoms with Crippen LogP contribution < -0.4 is 10.1 Å². The van der Waals surface area contributed by atoms with Crippen LogP contribution in [0, 0.1) is 0 Å².